The van der Waals surface area contributed by atoms with Gasteiger partial charge in [-0.3, -0.25) is 4.79 Å². The van der Waals surface area contributed by atoms with Crippen molar-refractivity contribution in [3.05, 3.63) is 47.2 Å². The van der Waals surface area contributed by atoms with E-state index in [1.807, 2.05) is 26.0 Å². The normalized spacial score (nSPS) is 20.9. The van der Waals surface area contributed by atoms with Crippen LogP contribution in [0.5, 0.6) is 5.75 Å². The molecule has 2 atom stereocenters. The molecule has 1 aromatic heterocycles. The first-order valence-corrected chi connectivity index (χ1v) is 8.26. The Kier molecular flexibility index (Phi) is 5.06. The Bertz CT molecular complexity index is 709. The molecule has 0 radical (unpaired) electrons. The Labute approximate surface area is 145 Å². The Hall–Kier alpha value is -2.05. The molecule has 7 heteroatoms. The van der Waals surface area contributed by atoms with Crippen molar-refractivity contribution in [2.45, 2.75) is 32.8 Å². The van der Waals surface area contributed by atoms with Crippen LogP contribution in [0, 0.1) is 0 Å². The number of benzene rings is 1. The summed E-state index contributed by atoms with van der Waals surface area (Å²) in [7, 11) is 0. The summed E-state index contributed by atoms with van der Waals surface area (Å²) >= 11 is 6.05. The third-order valence-electron chi connectivity index (χ3n) is 3.76. The predicted molar refractivity (Wildman–Crippen MR) is 90.2 cm³/mol. The Morgan fingerprint density at radius 2 is 2.00 bits per heavy atom. The van der Waals surface area contributed by atoms with E-state index in [4.69, 9.17) is 21.1 Å². The second kappa shape index (κ2) is 7.23. The molecule has 2 heterocycles. The smallest absolute Gasteiger partial charge is 0.274 e. The van der Waals surface area contributed by atoms with E-state index in [0.717, 1.165) is 0 Å². The van der Waals surface area contributed by atoms with Crippen molar-refractivity contribution in [1.82, 2.24) is 14.7 Å². The third-order valence-corrected chi connectivity index (χ3v) is 4.07. The molecular weight excluding hydrogens is 330 g/mol. The summed E-state index contributed by atoms with van der Waals surface area (Å²) in [6.07, 6.45) is 1.78. The molecule has 0 bridgehead atoms. The lowest BCUT2D eigenvalue weighted by Crippen LogP contribution is -2.48. The van der Waals surface area contributed by atoms with Crippen LogP contribution in [0.25, 0.3) is 0 Å². The van der Waals surface area contributed by atoms with Crippen LogP contribution in [-0.4, -0.2) is 45.9 Å². The maximum atomic E-state index is 12.6. The zero-order valence-electron chi connectivity index (χ0n) is 13.7. The number of para-hydroxylation sites is 1. The Morgan fingerprint density at radius 3 is 2.71 bits per heavy atom. The Balaban J connectivity index is 1.62. The number of carbonyl (C=O) groups excluding carboxylic acids is 1. The van der Waals surface area contributed by atoms with Crippen molar-refractivity contribution < 1.29 is 14.3 Å². The van der Waals surface area contributed by atoms with Crippen molar-refractivity contribution in [2.75, 3.05) is 13.1 Å². The van der Waals surface area contributed by atoms with Crippen molar-refractivity contribution in [2.24, 2.45) is 0 Å². The lowest BCUT2D eigenvalue weighted by molar-refractivity contribution is -0.0587. The van der Waals surface area contributed by atoms with Gasteiger partial charge >= 0.3 is 0 Å². The molecule has 1 amide bonds. The first kappa shape index (κ1) is 16.8. The van der Waals surface area contributed by atoms with Crippen LogP contribution in [0.3, 0.4) is 0 Å². The maximum Gasteiger partial charge on any atom is 0.274 e. The molecule has 0 aliphatic carbocycles. The minimum atomic E-state index is -0.0894. The molecular formula is C17H20ClN3O3. The standard InChI is InChI=1S/C17H20ClN3O3/c1-12-9-20(10-13(2)24-12)17(22)15-7-8-21(19-15)11-23-16-6-4-3-5-14(16)18/h3-8,12-13H,9-11H2,1-2H3/t12-,13+. The monoisotopic (exact) mass is 349 g/mol. The number of amides is 1. The molecule has 24 heavy (non-hydrogen) atoms. The zero-order valence-corrected chi connectivity index (χ0v) is 14.4. The van der Waals surface area contributed by atoms with Crippen LogP contribution in [0.4, 0.5) is 0 Å². The van der Waals surface area contributed by atoms with Crippen LogP contribution in [-0.2, 0) is 11.5 Å². The van der Waals surface area contributed by atoms with Gasteiger partial charge in [-0.15, -0.1) is 0 Å². The van der Waals surface area contributed by atoms with Crippen LogP contribution in [0.1, 0.15) is 24.3 Å². The summed E-state index contributed by atoms with van der Waals surface area (Å²) in [4.78, 5) is 14.3. The van der Waals surface area contributed by atoms with E-state index in [2.05, 4.69) is 5.10 Å². The fraction of sp³-hybridized carbons (Fsp3) is 0.412. The van der Waals surface area contributed by atoms with Gasteiger partial charge in [-0.1, -0.05) is 23.7 Å². The molecule has 0 spiro atoms. The van der Waals surface area contributed by atoms with Gasteiger partial charge < -0.3 is 14.4 Å². The number of hydrogen-bond acceptors (Lipinski definition) is 4. The summed E-state index contributed by atoms with van der Waals surface area (Å²) in [6.45, 7) is 5.27. The van der Waals surface area contributed by atoms with Crippen molar-refractivity contribution >= 4 is 17.5 Å². The van der Waals surface area contributed by atoms with E-state index in [-0.39, 0.29) is 24.8 Å². The minimum absolute atomic E-state index is 0.0309. The van der Waals surface area contributed by atoms with Gasteiger partial charge in [-0.05, 0) is 32.0 Å². The van der Waals surface area contributed by atoms with Crippen molar-refractivity contribution in [3.63, 3.8) is 0 Å². The summed E-state index contributed by atoms with van der Waals surface area (Å²) in [5.74, 6) is 0.492. The predicted octanol–water partition coefficient (Wildman–Crippen LogP) is 2.82. The lowest BCUT2D eigenvalue weighted by atomic mass is 10.2. The number of nitrogens with zero attached hydrogens (tertiary/aromatic N) is 3. The topological polar surface area (TPSA) is 56.6 Å². The summed E-state index contributed by atoms with van der Waals surface area (Å²) in [5.41, 5.74) is 0.402. The van der Waals surface area contributed by atoms with Gasteiger partial charge in [0.05, 0.1) is 17.2 Å². The molecule has 128 valence electrons. The van der Waals surface area contributed by atoms with E-state index in [1.54, 1.807) is 34.0 Å². The summed E-state index contributed by atoms with van der Waals surface area (Å²) in [5, 5.41) is 4.84. The number of carbonyl (C=O) groups is 1. The van der Waals surface area contributed by atoms with Gasteiger partial charge in [0, 0.05) is 19.3 Å². The minimum Gasteiger partial charge on any atom is -0.470 e. The first-order chi connectivity index (χ1) is 11.5. The highest BCUT2D eigenvalue weighted by Gasteiger charge is 2.27. The van der Waals surface area contributed by atoms with Crippen LogP contribution in [0.2, 0.25) is 5.02 Å². The number of aromatic nitrogens is 2. The van der Waals surface area contributed by atoms with Gasteiger partial charge in [-0.2, -0.15) is 5.10 Å². The molecule has 0 saturated carbocycles. The molecule has 1 aromatic carbocycles. The highest BCUT2D eigenvalue weighted by molar-refractivity contribution is 6.32. The molecule has 0 N–H and O–H groups in total. The number of hydrogen-bond donors (Lipinski definition) is 0. The van der Waals surface area contributed by atoms with Gasteiger partial charge in [0.15, 0.2) is 12.4 Å². The summed E-state index contributed by atoms with van der Waals surface area (Å²) < 4.78 is 12.8. The number of morpholine rings is 1. The van der Waals surface area contributed by atoms with Crippen LogP contribution >= 0.6 is 11.6 Å². The second-order valence-corrected chi connectivity index (χ2v) is 6.32. The van der Waals surface area contributed by atoms with Gasteiger partial charge in [0.2, 0.25) is 0 Å². The number of halogens is 1. The van der Waals surface area contributed by atoms with E-state index in [0.29, 0.717) is 29.6 Å². The Morgan fingerprint density at radius 1 is 1.29 bits per heavy atom. The number of rotatable bonds is 4. The molecule has 1 aliphatic heterocycles. The van der Waals surface area contributed by atoms with Gasteiger partial charge in [-0.25, -0.2) is 4.68 Å². The maximum absolute atomic E-state index is 12.6. The van der Waals surface area contributed by atoms with Gasteiger partial charge in [0.25, 0.3) is 5.91 Å². The summed E-state index contributed by atoms with van der Waals surface area (Å²) in [6, 6.07) is 8.93. The zero-order chi connectivity index (χ0) is 17.1. The molecule has 2 aromatic rings. The molecule has 3 rings (SSSR count). The fourth-order valence-electron chi connectivity index (χ4n) is 2.75. The van der Waals surface area contributed by atoms with E-state index < -0.39 is 0 Å². The average Bonchev–Trinajstić information content (AvgIpc) is 3.01. The van der Waals surface area contributed by atoms with E-state index in [1.165, 1.54) is 0 Å². The molecule has 0 unspecified atom stereocenters. The molecule has 1 aliphatic rings. The highest BCUT2D eigenvalue weighted by Crippen LogP contribution is 2.23. The number of ether oxygens (including phenoxy) is 2. The molecule has 6 nitrogen and oxygen atoms in total. The average molecular weight is 350 g/mol. The van der Waals surface area contributed by atoms with Crippen molar-refractivity contribution in [1.29, 1.82) is 0 Å². The lowest BCUT2D eigenvalue weighted by Gasteiger charge is -2.34. The quantitative estimate of drug-likeness (QED) is 0.851. The van der Waals surface area contributed by atoms with E-state index >= 15 is 0 Å². The van der Waals surface area contributed by atoms with Crippen molar-refractivity contribution in [3.8, 4) is 5.75 Å². The third kappa shape index (κ3) is 3.88. The molecule has 1 fully saturated rings. The first-order valence-electron chi connectivity index (χ1n) is 7.88. The SMILES string of the molecule is C[C@@H]1CN(C(=O)c2ccn(COc3ccccc3Cl)n2)C[C@H](C)O1. The molecule has 1 saturated heterocycles. The fourth-order valence-corrected chi connectivity index (χ4v) is 2.94. The highest BCUT2D eigenvalue weighted by atomic mass is 35.5. The van der Waals surface area contributed by atoms with Crippen LogP contribution in [0.15, 0.2) is 36.5 Å². The second-order valence-electron chi connectivity index (χ2n) is 5.91. The largest absolute Gasteiger partial charge is 0.470 e. The van der Waals surface area contributed by atoms with Crippen LogP contribution < -0.4 is 4.74 Å². The van der Waals surface area contributed by atoms with Gasteiger partial charge in [0.1, 0.15) is 5.75 Å². The van der Waals surface area contributed by atoms with E-state index in [9.17, 15) is 4.79 Å².